The molecule has 0 spiro atoms. The van der Waals surface area contributed by atoms with Gasteiger partial charge in [0, 0.05) is 24.5 Å². The molecule has 4 rings (SSSR count). The van der Waals surface area contributed by atoms with Gasteiger partial charge in [0.05, 0.1) is 11.6 Å². The summed E-state index contributed by atoms with van der Waals surface area (Å²) in [7, 11) is 3.92. The number of hydrogen-bond acceptors (Lipinski definition) is 6. The number of ketones is 1. The Kier molecular flexibility index (Phi) is 7.80. The third-order valence-electron chi connectivity index (χ3n) is 6.23. The van der Waals surface area contributed by atoms with E-state index in [1.807, 2.05) is 62.3 Å². The molecule has 1 aromatic heterocycles. The topological polar surface area (TPSA) is 83.0 Å². The van der Waals surface area contributed by atoms with Crippen LogP contribution < -0.4 is 4.74 Å². The molecule has 3 aromatic rings. The molecule has 0 saturated carbocycles. The minimum atomic E-state index is -0.699. The maximum absolute atomic E-state index is 13.2. The van der Waals surface area contributed by atoms with Gasteiger partial charge in [-0.25, -0.2) is 0 Å². The molecule has 1 atom stereocenters. The third kappa shape index (κ3) is 5.47. The second kappa shape index (κ2) is 11.2. The second-order valence-electron chi connectivity index (χ2n) is 9.19. The summed E-state index contributed by atoms with van der Waals surface area (Å²) in [6, 6.07) is 18.0. The Bertz CT molecular complexity index is 1260. The van der Waals surface area contributed by atoms with Crippen molar-refractivity contribution in [3.05, 3.63) is 101 Å². The Balaban J connectivity index is 1.66. The van der Waals surface area contributed by atoms with E-state index in [0.717, 1.165) is 17.7 Å². The van der Waals surface area contributed by atoms with Crippen LogP contribution in [0.1, 0.15) is 34.7 Å². The van der Waals surface area contributed by atoms with Crippen molar-refractivity contribution in [2.45, 2.75) is 26.0 Å². The first-order chi connectivity index (χ1) is 17.4. The molecule has 2 aromatic carbocycles. The monoisotopic (exact) mass is 485 g/mol. The van der Waals surface area contributed by atoms with E-state index < -0.39 is 17.7 Å². The number of aromatic nitrogens is 1. The highest BCUT2D eigenvalue weighted by molar-refractivity contribution is 6.46. The lowest BCUT2D eigenvalue weighted by Crippen LogP contribution is -2.32. The van der Waals surface area contributed by atoms with E-state index in [2.05, 4.69) is 4.98 Å². The van der Waals surface area contributed by atoms with E-state index in [1.165, 1.54) is 0 Å². The highest BCUT2D eigenvalue weighted by Gasteiger charge is 2.45. The molecule has 1 N–H and O–H groups in total. The molecule has 186 valence electrons. The van der Waals surface area contributed by atoms with Crippen molar-refractivity contribution in [3.8, 4) is 5.75 Å². The van der Waals surface area contributed by atoms with E-state index in [1.54, 1.807) is 41.6 Å². The number of nitrogens with zero attached hydrogens (tertiary/aromatic N) is 3. The maximum Gasteiger partial charge on any atom is 0.295 e. The van der Waals surface area contributed by atoms with Crippen LogP contribution in [0, 0.1) is 6.92 Å². The predicted molar refractivity (Wildman–Crippen MR) is 138 cm³/mol. The smallest absolute Gasteiger partial charge is 0.295 e. The Morgan fingerprint density at radius 1 is 1.08 bits per heavy atom. The molecule has 1 fully saturated rings. The molecule has 0 radical (unpaired) electrons. The minimum Gasteiger partial charge on any atom is -0.507 e. The number of aliphatic hydroxyl groups excluding tert-OH is 1. The summed E-state index contributed by atoms with van der Waals surface area (Å²) in [5.41, 5.74) is 3.08. The number of amides is 1. The lowest BCUT2D eigenvalue weighted by Gasteiger charge is -2.25. The fraction of sp³-hybridized carbons (Fsp3) is 0.276. The number of benzene rings is 2. The van der Waals surface area contributed by atoms with E-state index in [4.69, 9.17) is 4.74 Å². The van der Waals surface area contributed by atoms with Crippen LogP contribution in [0.4, 0.5) is 0 Å². The molecule has 0 aliphatic carbocycles. The largest absolute Gasteiger partial charge is 0.507 e. The van der Waals surface area contributed by atoms with E-state index in [9.17, 15) is 14.7 Å². The molecule has 7 nitrogen and oxygen atoms in total. The average Bonchev–Trinajstić information content (AvgIpc) is 3.13. The van der Waals surface area contributed by atoms with Crippen molar-refractivity contribution in [3.63, 3.8) is 0 Å². The fourth-order valence-electron chi connectivity index (χ4n) is 4.40. The standard InChI is InChI=1S/C29H31N3O4/c1-20-17-22(12-13-24(20)36-19-21-9-5-4-6-10-21)27(33)25-26(23-11-7-14-30-18-23)32(29(35)28(25)34)16-8-15-31(2)3/h4-7,9-14,17-18,26,33H,8,15-16,19H2,1-3H3/t26-/m0/s1. The average molecular weight is 486 g/mol. The third-order valence-corrected chi connectivity index (χ3v) is 6.23. The Morgan fingerprint density at radius 3 is 2.53 bits per heavy atom. The maximum atomic E-state index is 13.2. The summed E-state index contributed by atoms with van der Waals surface area (Å²) in [6.45, 7) is 3.47. The van der Waals surface area contributed by atoms with Crippen LogP contribution in [0.15, 0.2) is 78.6 Å². The van der Waals surface area contributed by atoms with Crippen LogP contribution >= 0.6 is 0 Å². The number of carbonyl (C=O) groups excluding carboxylic acids is 2. The normalized spacial score (nSPS) is 17.1. The number of carbonyl (C=O) groups is 2. The first kappa shape index (κ1) is 25.1. The van der Waals surface area contributed by atoms with Gasteiger partial charge in [0.15, 0.2) is 0 Å². The zero-order valence-electron chi connectivity index (χ0n) is 20.8. The lowest BCUT2D eigenvalue weighted by atomic mass is 9.95. The molecule has 1 aliphatic rings. The van der Waals surface area contributed by atoms with E-state index >= 15 is 0 Å². The lowest BCUT2D eigenvalue weighted by molar-refractivity contribution is -0.139. The molecule has 1 amide bonds. The van der Waals surface area contributed by atoms with Crippen molar-refractivity contribution in [1.82, 2.24) is 14.8 Å². The summed E-state index contributed by atoms with van der Waals surface area (Å²) in [6.07, 6.45) is 3.97. The van der Waals surface area contributed by atoms with Gasteiger partial charge < -0.3 is 19.6 Å². The van der Waals surface area contributed by atoms with Gasteiger partial charge >= 0.3 is 0 Å². The molecule has 36 heavy (non-hydrogen) atoms. The van der Waals surface area contributed by atoms with Gasteiger partial charge in [-0.1, -0.05) is 36.4 Å². The molecular formula is C29H31N3O4. The summed E-state index contributed by atoms with van der Waals surface area (Å²) in [5.74, 6) is -0.810. The van der Waals surface area contributed by atoms with Crippen molar-refractivity contribution in [2.75, 3.05) is 27.2 Å². The Labute approximate surface area is 211 Å². The highest BCUT2D eigenvalue weighted by Crippen LogP contribution is 2.39. The van der Waals surface area contributed by atoms with Crippen LogP contribution in [0.5, 0.6) is 5.75 Å². The van der Waals surface area contributed by atoms with Crippen molar-refractivity contribution in [2.24, 2.45) is 0 Å². The molecule has 0 unspecified atom stereocenters. The van der Waals surface area contributed by atoms with Crippen molar-refractivity contribution < 1.29 is 19.4 Å². The van der Waals surface area contributed by atoms with Gasteiger partial charge in [-0.3, -0.25) is 14.6 Å². The molecule has 0 bridgehead atoms. The Morgan fingerprint density at radius 2 is 1.86 bits per heavy atom. The fourth-order valence-corrected chi connectivity index (χ4v) is 4.40. The quantitative estimate of drug-likeness (QED) is 0.276. The minimum absolute atomic E-state index is 0.0789. The van der Waals surface area contributed by atoms with Gasteiger partial charge in [-0.05, 0) is 74.9 Å². The van der Waals surface area contributed by atoms with Gasteiger partial charge in [0.2, 0.25) is 0 Å². The van der Waals surface area contributed by atoms with E-state index in [-0.39, 0.29) is 11.3 Å². The van der Waals surface area contributed by atoms with Gasteiger partial charge in [-0.2, -0.15) is 0 Å². The molecule has 1 saturated heterocycles. The van der Waals surface area contributed by atoms with Crippen LogP contribution in [0.2, 0.25) is 0 Å². The zero-order chi connectivity index (χ0) is 25.7. The molecule has 7 heteroatoms. The SMILES string of the molecule is Cc1cc(C(O)=C2C(=O)C(=O)N(CCCN(C)C)[C@H]2c2cccnc2)ccc1OCc1ccccc1. The number of likely N-dealkylation sites (tertiary alicyclic amines) is 1. The summed E-state index contributed by atoms with van der Waals surface area (Å²) in [4.78, 5) is 33.9. The van der Waals surface area contributed by atoms with Gasteiger partial charge in [0.25, 0.3) is 11.7 Å². The number of Topliss-reactive ketones (excluding diaryl/α,β-unsaturated/α-hetero) is 1. The number of rotatable bonds is 9. The summed E-state index contributed by atoms with van der Waals surface area (Å²) < 4.78 is 5.95. The molecule has 2 heterocycles. The number of aliphatic hydroxyl groups is 1. The van der Waals surface area contributed by atoms with E-state index in [0.29, 0.717) is 36.4 Å². The number of ether oxygens (including phenoxy) is 1. The van der Waals surface area contributed by atoms with Crippen LogP contribution in [-0.4, -0.2) is 58.8 Å². The van der Waals surface area contributed by atoms with Gasteiger partial charge in [0.1, 0.15) is 18.1 Å². The summed E-state index contributed by atoms with van der Waals surface area (Å²) >= 11 is 0. The zero-order valence-corrected chi connectivity index (χ0v) is 20.8. The van der Waals surface area contributed by atoms with Crippen molar-refractivity contribution in [1.29, 1.82) is 0 Å². The predicted octanol–water partition coefficient (Wildman–Crippen LogP) is 4.34. The first-order valence-corrected chi connectivity index (χ1v) is 12.0. The number of pyridine rings is 1. The number of hydrogen-bond donors (Lipinski definition) is 1. The van der Waals surface area contributed by atoms with Crippen LogP contribution in [0.3, 0.4) is 0 Å². The highest BCUT2D eigenvalue weighted by atomic mass is 16.5. The first-order valence-electron chi connectivity index (χ1n) is 12.0. The van der Waals surface area contributed by atoms with Crippen molar-refractivity contribution >= 4 is 17.4 Å². The number of aryl methyl sites for hydroxylation is 1. The van der Waals surface area contributed by atoms with Crippen LogP contribution in [0.25, 0.3) is 5.76 Å². The Hall–Kier alpha value is -3.97. The molecular weight excluding hydrogens is 454 g/mol. The van der Waals surface area contributed by atoms with Crippen LogP contribution in [-0.2, 0) is 16.2 Å². The van der Waals surface area contributed by atoms with Gasteiger partial charge in [-0.15, -0.1) is 0 Å². The summed E-state index contributed by atoms with van der Waals surface area (Å²) in [5, 5.41) is 11.3. The molecule has 1 aliphatic heterocycles. The second-order valence-corrected chi connectivity index (χ2v) is 9.19.